The van der Waals surface area contributed by atoms with Gasteiger partial charge in [0.2, 0.25) is 5.91 Å². The minimum absolute atomic E-state index is 0.00210. The number of nitrogens with zero attached hydrogens (tertiary/aromatic N) is 2. The first kappa shape index (κ1) is 20.8. The van der Waals surface area contributed by atoms with Gasteiger partial charge in [0.15, 0.2) is 5.84 Å². The average molecular weight is 476 g/mol. The minimum Gasteiger partial charge on any atom is -0.355 e. The number of piperidine rings is 1. The second-order valence-corrected chi connectivity index (χ2v) is 11.2. The Morgan fingerprint density at radius 3 is 2.90 bits per heavy atom. The molecule has 0 radical (unpaired) electrons. The van der Waals surface area contributed by atoms with Gasteiger partial charge in [-0.05, 0) is 55.2 Å². The van der Waals surface area contributed by atoms with Crippen LogP contribution in [0.5, 0.6) is 0 Å². The lowest BCUT2D eigenvalue weighted by molar-refractivity contribution is -0.127. The standard InChI is InChI=1S/C22H22ClN3O3S2/c23-15-7-8-19-17(12-15)18(9-11-30-19)24-22(27)14-4-3-10-26(13-14)21-16-5-1-2-6-20(16)31(28,29)25-21/h1-2,5-8,12,14,18H,3-4,9-11,13H2,(H,24,27). The summed E-state index contributed by atoms with van der Waals surface area (Å²) in [6.07, 6.45) is 2.44. The predicted octanol–water partition coefficient (Wildman–Crippen LogP) is 3.85. The Kier molecular flexibility index (Phi) is 5.48. The molecule has 2 aromatic carbocycles. The Hall–Kier alpha value is -2.03. The van der Waals surface area contributed by atoms with E-state index in [1.807, 2.05) is 29.2 Å². The number of fused-ring (bicyclic) bond motifs is 2. The number of amides is 1. The summed E-state index contributed by atoms with van der Waals surface area (Å²) in [6, 6.07) is 12.7. The molecule has 162 valence electrons. The van der Waals surface area contributed by atoms with Gasteiger partial charge in [-0.25, -0.2) is 0 Å². The zero-order chi connectivity index (χ0) is 21.6. The summed E-state index contributed by atoms with van der Waals surface area (Å²) < 4.78 is 28.9. The monoisotopic (exact) mass is 475 g/mol. The first-order valence-electron chi connectivity index (χ1n) is 10.3. The summed E-state index contributed by atoms with van der Waals surface area (Å²) in [7, 11) is -3.67. The maximum absolute atomic E-state index is 13.2. The van der Waals surface area contributed by atoms with Gasteiger partial charge in [-0.1, -0.05) is 23.7 Å². The Morgan fingerprint density at radius 1 is 1.19 bits per heavy atom. The molecule has 0 spiro atoms. The summed E-state index contributed by atoms with van der Waals surface area (Å²) in [5.74, 6) is 1.19. The Balaban J connectivity index is 1.33. The maximum atomic E-state index is 13.2. The molecule has 3 aliphatic heterocycles. The first-order valence-corrected chi connectivity index (χ1v) is 13.1. The molecule has 0 aromatic heterocycles. The van der Waals surface area contributed by atoms with Crippen molar-refractivity contribution in [2.45, 2.75) is 35.1 Å². The fourth-order valence-electron chi connectivity index (χ4n) is 4.50. The van der Waals surface area contributed by atoms with Crippen LogP contribution in [-0.4, -0.2) is 43.9 Å². The summed E-state index contributed by atoms with van der Waals surface area (Å²) in [5, 5.41) is 3.89. The van der Waals surface area contributed by atoms with E-state index in [1.165, 1.54) is 0 Å². The van der Waals surface area contributed by atoms with Crippen molar-refractivity contribution in [3.05, 3.63) is 58.6 Å². The van der Waals surface area contributed by atoms with E-state index in [-0.39, 0.29) is 22.8 Å². The number of likely N-dealkylation sites (tertiary alicyclic amines) is 1. The third-order valence-electron chi connectivity index (χ3n) is 6.03. The van der Waals surface area contributed by atoms with Gasteiger partial charge >= 0.3 is 0 Å². The molecular formula is C22H22ClN3O3S2. The lowest BCUT2D eigenvalue weighted by atomic mass is 9.95. The number of hydrogen-bond donors (Lipinski definition) is 1. The summed E-state index contributed by atoms with van der Waals surface area (Å²) in [6.45, 7) is 1.14. The lowest BCUT2D eigenvalue weighted by Crippen LogP contribution is -2.46. The molecular weight excluding hydrogens is 454 g/mol. The van der Waals surface area contributed by atoms with Gasteiger partial charge in [-0.2, -0.15) is 8.42 Å². The van der Waals surface area contributed by atoms with Crippen molar-refractivity contribution in [3.8, 4) is 0 Å². The van der Waals surface area contributed by atoms with E-state index in [9.17, 15) is 13.2 Å². The normalized spacial score (nSPS) is 24.2. The van der Waals surface area contributed by atoms with E-state index >= 15 is 0 Å². The Bertz CT molecular complexity index is 1180. The van der Waals surface area contributed by atoms with E-state index in [0.29, 0.717) is 29.5 Å². The second kappa shape index (κ2) is 8.15. The number of amidine groups is 1. The Morgan fingerprint density at radius 2 is 2.03 bits per heavy atom. The fraction of sp³-hybridized carbons (Fsp3) is 0.364. The van der Waals surface area contributed by atoms with E-state index < -0.39 is 10.0 Å². The number of carbonyl (C=O) groups excluding carboxylic acids is 1. The second-order valence-electron chi connectivity index (χ2n) is 8.05. The molecule has 2 atom stereocenters. The highest BCUT2D eigenvalue weighted by Crippen LogP contribution is 2.38. The van der Waals surface area contributed by atoms with E-state index in [0.717, 1.165) is 35.5 Å². The van der Waals surface area contributed by atoms with Crippen LogP contribution in [0.2, 0.25) is 5.02 Å². The quantitative estimate of drug-likeness (QED) is 0.713. The molecule has 0 saturated carbocycles. The molecule has 31 heavy (non-hydrogen) atoms. The average Bonchev–Trinajstić information content (AvgIpc) is 3.05. The van der Waals surface area contributed by atoms with Crippen LogP contribution >= 0.6 is 23.4 Å². The fourth-order valence-corrected chi connectivity index (χ4v) is 7.02. The number of sulfonamides is 1. The molecule has 2 aromatic rings. The van der Waals surface area contributed by atoms with Crippen LogP contribution < -0.4 is 5.32 Å². The summed E-state index contributed by atoms with van der Waals surface area (Å²) >= 11 is 7.98. The molecule has 0 bridgehead atoms. The third-order valence-corrected chi connectivity index (χ3v) is 8.71. The van der Waals surface area contributed by atoms with Crippen molar-refractivity contribution >= 4 is 45.1 Å². The molecule has 6 nitrogen and oxygen atoms in total. The molecule has 9 heteroatoms. The molecule has 1 N–H and O–H groups in total. The number of rotatable bonds is 2. The molecule has 1 saturated heterocycles. The number of hydrogen-bond acceptors (Lipinski definition) is 5. The Labute approximate surface area is 191 Å². The molecule has 1 fully saturated rings. The molecule has 0 aliphatic carbocycles. The largest absolute Gasteiger partial charge is 0.355 e. The SMILES string of the molecule is O=C(NC1CCSc2ccc(Cl)cc21)C1CCCN(C2=NS(=O)(=O)c3ccccc32)C1. The zero-order valence-electron chi connectivity index (χ0n) is 16.8. The van der Waals surface area contributed by atoms with Crippen molar-refractivity contribution in [2.24, 2.45) is 10.3 Å². The van der Waals surface area contributed by atoms with Crippen LogP contribution in [0.1, 0.15) is 36.4 Å². The smallest absolute Gasteiger partial charge is 0.285 e. The number of carbonyl (C=O) groups is 1. The maximum Gasteiger partial charge on any atom is 0.285 e. The number of benzene rings is 2. The van der Waals surface area contributed by atoms with Crippen LogP contribution in [0, 0.1) is 5.92 Å². The van der Waals surface area contributed by atoms with Crippen LogP contribution in [0.15, 0.2) is 56.7 Å². The van der Waals surface area contributed by atoms with Crippen molar-refractivity contribution in [1.82, 2.24) is 10.2 Å². The lowest BCUT2D eigenvalue weighted by Gasteiger charge is -2.35. The molecule has 5 rings (SSSR count). The van der Waals surface area contributed by atoms with Gasteiger partial charge in [0.1, 0.15) is 4.90 Å². The molecule has 3 aliphatic rings. The number of thioether (sulfide) groups is 1. The molecule has 1 amide bonds. The first-order chi connectivity index (χ1) is 14.9. The predicted molar refractivity (Wildman–Crippen MR) is 122 cm³/mol. The van der Waals surface area contributed by atoms with Gasteiger partial charge in [-0.15, -0.1) is 16.2 Å². The number of halogens is 1. The number of nitrogens with one attached hydrogen (secondary N) is 1. The van der Waals surface area contributed by atoms with Gasteiger partial charge in [0.05, 0.1) is 12.0 Å². The summed E-state index contributed by atoms with van der Waals surface area (Å²) in [5.41, 5.74) is 1.70. The van der Waals surface area contributed by atoms with Gasteiger partial charge in [-0.3, -0.25) is 4.79 Å². The molecule has 3 heterocycles. The van der Waals surface area contributed by atoms with Crippen LogP contribution in [0.4, 0.5) is 0 Å². The van der Waals surface area contributed by atoms with Crippen LogP contribution in [0.25, 0.3) is 0 Å². The van der Waals surface area contributed by atoms with E-state index in [1.54, 1.807) is 30.0 Å². The molecule has 2 unspecified atom stereocenters. The van der Waals surface area contributed by atoms with E-state index in [4.69, 9.17) is 11.6 Å². The van der Waals surface area contributed by atoms with Crippen molar-refractivity contribution in [3.63, 3.8) is 0 Å². The van der Waals surface area contributed by atoms with Gasteiger partial charge in [0.25, 0.3) is 10.0 Å². The highest BCUT2D eigenvalue weighted by molar-refractivity contribution is 7.99. The van der Waals surface area contributed by atoms with Crippen molar-refractivity contribution in [2.75, 3.05) is 18.8 Å². The van der Waals surface area contributed by atoms with E-state index in [2.05, 4.69) is 9.71 Å². The third kappa shape index (κ3) is 3.97. The highest BCUT2D eigenvalue weighted by atomic mass is 35.5. The van der Waals surface area contributed by atoms with Crippen LogP contribution in [0.3, 0.4) is 0 Å². The summed E-state index contributed by atoms with van der Waals surface area (Å²) in [4.78, 5) is 16.5. The minimum atomic E-state index is -3.67. The van der Waals surface area contributed by atoms with Crippen molar-refractivity contribution in [1.29, 1.82) is 0 Å². The topological polar surface area (TPSA) is 78.8 Å². The van der Waals surface area contributed by atoms with Crippen LogP contribution in [-0.2, 0) is 14.8 Å². The van der Waals surface area contributed by atoms with Gasteiger partial charge in [0, 0.05) is 34.3 Å². The zero-order valence-corrected chi connectivity index (χ0v) is 19.1. The van der Waals surface area contributed by atoms with Crippen molar-refractivity contribution < 1.29 is 13.2 Å². The highest BCUT2D eigenvalue weighted by Gasteiger charge is 2.36. The van der Waals surface area contributed by atoms with Gasteiger partial charge < -0.3 is 10.2 Å².